The molecule has 9 heteroatoms. The third-order valence-corrected chi connectivity index (χ3v) is 5.50. The van der Waals surface area contributed by atoms with Gasteiger partial charge in [0.15, 0.2) is 0 Å². The molecule has 0 radical (unpaired) electrons. The average Bonchev–Trinajstić information content (AvgIpc) is 3.32. The number of benzene rings is 2. The van der Waals surface area contributed by atoms with Crippen LogP contribution in [0.1, 0.15) is 28.8 Å². The van der Waals surface area contributed by atoms with Gasteiger partial charge in [0.05, 0.1) is 36.3 Å². The Morgan fingerprint density at radius 3 is 2.50 bits per heavy atom. The Morgan fingerprint density at radius 2 is 1.84 bits per heavy atom. The number of nitrogens with zero attached hydrogens (tertiary/aromatic N) is 1. The van der Waals surface area contributed by atoms with Crippen molar-refractivity contribution in [2.75, 3.05) is 49.7 Å². The first-order valence-corrected chi connectivity index (χ1v) is 10.6. The molecule has 0 aromatic heterocycles. The van der Waals surface area contributed by atoms with Crippen molar-refractivity contribution in [3.8, 4) is 5.75 Å². The lowest BCUT2D eigenvalue weighted by atomic mass is 10.1. The zero-order valence-electron chi connectivity index (χ0n) is 17.5. The predicted octanol–water partition coefficient (Wildman–Crippen LogP) is 4.35. The van der Waals surface area contributed by atoms with Gasteiger partial charge in [0, 0.05) is 25.3 Å². The van der Waals surface area contributed by atoms with Crippen LogP contribution in [0.3, 0.4) is 0 Å². The lowest BCUT2D eigenvalue weighted by Crippen LogP contribution is -2.36. The molecule has 172 valence electrons. The van der Waals surface area contributed by atoms with E-state index in [0.717, 1.165) is 31.6 Å². The van der Waals surface area contributed by atoms with Crippen LogP contribution in [-0.4, -0.2) is 51.5 Å². The van der Waals surface area contributed by atoms with Crippen LogP contribution in [0.25, 0.3) is 0 Å². The second kappa shape index (κ2) is 9.79. The van der Waals surface area contributed by atoms with E-state index in [1.54, 1.807) is 24.3 Å². The van der Waals surface area contributed by atoms with Gasteiger partial charge in [-0.2, -0.15) is 13.2 Å². The van der Waals surface area contributed by atoms with E-state index in [9.17, 15) is 18.0 Å². The van der Waals surface area contributed by atoms with Crippen molar-refractivity contribution in [3.63, 3.8) is 0 Å². The summed E-state index contributed by atoms with van der Waals surface area (Å²) < 4.78 is 56.3. The van der Waals surface area contributed by atoms with E-state index in [0.29, 0.717) is 49.9 Å². The van der Waals surface area contributed by atoms with Crippen LogP contribution in [0, 0.1) is 0 Å². The Balaban J connectivity index is 1.48. The van der Waals surface area contributed by atoms with Crippen molar-refractivity contribution in [3.05, 3.63) is 53.6 Å². The molecule has 2 aliphatic heterocycles. The van der Waals surface area contributed by atoms with Crippen LogP contribution >= 0.6 is 0 Å². The predicted molar refractivity (Wildman–Crippen MR) is 113 cm³/mol. The molecule has 2 heterocycles. The van der Waals surface area contributed by atoms with Gasteiger partial charge in [0.1, 0.15) is 12.4 Å². The normalized spacial score (nSPS) is 19.1. The number of anilines is 2. The molecule has 1 atom stereocenters. The zero-order valence-corrected chi connectivity index (χ0v) is 17.5. The fraction of sp³-hybridized carbons (Fsp3) is 0.435. The van der Waals surface area contributed by atoms with Gasteiger partial charge < -0.3 is 24.4 Å². The monoisotopic (exact) mass is 450 g/mol. The van der Waals surface area contributed by atoms with Crippen molar-refractivity contribution in [2.45, 2.75) is 25.1 Å². The first-order chi connectivity index (χ1) is 15.4. The van der Waals surface area contributed by atoms with E-state index in [4.69, 9.17) is 14.2 Å². The second-order valence-corrected chi connectivity index (χ2v) is 7.75. The number of rotatable bonds is 6. The van der Waals surface area contributed by atoms with Crippen LogP contribution in [0.4, 0.5) is 24.5 Å². The first-order valence-electron chi connectivity index (χ1n) is 10.6. The van der Waals surface area contributed by atoms with Crippen LogP contribution in [0.2, 0.25) is 0 Å². The van der Waals surface area contributed by atoms with Crippen molar-refractivity contribution < 1.29 is 32.2 Å². The number of alkyl halides is 3. The minimum Gasteiger partial charge on any atom is -0.491 e. The maximum absolute atomic E-state index is 13.3. The van der Waals surface area contributed by atoms with Gasteiger partial charge in [-0.15, -0.1) is 0 Å². The van der Waals surface area contributed by atoms with E-state index in [1.807, 2.05) is 4.90 Å². The Labute approximate surface area is 184 Å². The number of carbonyl (C=O) groups excluding carboxylic acids is 1. The summed E-state index contributed by atoms with van der Waals surface area (Å²) in [6.45, 7) is 3.20. The van der Waals surface area contributed by atoms with Crippen molar-refractivity contribution in [2.24, 2.45) is 0 Å². The lowest BCUT2D eigenvalue weighted by molar-refractivity contribution is -0.137. The van der Waals surface area contributed by atoms with E-state index in [1.165, 1.54) is 6.07 Å². The Kier molecular flexibility index (Phi) is 6.86. The number of carbonyl (C=O) groups is 1. The number of morpholine rings is 1. The number of amides is 1. The van der Waals surface area contributed by atoms with Gasteiger partial charge in [-0.1, -0.05) is 0 Å². The van der Waals surface area contributed by atoms with Crippen LogP contribution < -0.4 is 15.0 Å². The van der Waals surface area contributed by atoms with Gasteiger partial charge in [0.25, 0.3) is 5.91 Å². The molecule has 0 saturated carbocycles. The van der Waals surface area contributed by atoms with Crippen LogP contribution in [0.5, 0.6) is 5.75 Å². The van der Waals surface area contributed by atoms with Gasteiger partial charge in [-0.25, -0.2) is 0 Å². The molecule has 4 rings (SSSR count). The molecule has 0 unspecified atom stereocenters. The van der Waals surface area contributed by atoms with E-state index < -0.39 is 17.6 Å². The van der Waals surface area contributed by atoms with E-state index in [-0.39, 0.29) is 11.8 Å². The molecular formula is C23H25F3N2O4. The summed E-state index contributed by atoms with van der Waals surface area (Å²) in [5.74, 6) is 0.106. The molecule has 1 amide bonds. The molecule has 1 N–H and O–H groups in total. The summed E-state index contributed by atoms with van der Waals surface area (Å²) in [5, 5.41) is 2.65. The number of ether oxygens (including phenoxy) is 3. The zero-order chi connectivity index (χ0) is 22.6. The summed E-state index contributed by atoms with van der Waals surface area (Å²) >= 11 is 0. The fourth-order valence-electron chi connectivity index (χ4n) is 3.75. The highest BCUT2D eigenvalue weighted by Crippen LogP contribution is 2.36. The quantitative estimate of drug-likeness (QED) is 0.709. The number of hydrogen-bond donors (Lipinski definition) is 1. The van der Waals surface area contributed by atoms with Gasteiger partial charge >= 0.3 is 6.18 Å². The SMILES string of the molecule is O=C(Nc1cc(C(F)(F)F)ccc1N1CCOCC1)c1ccc(OC[C@@H]2CCCO2)cc1. The fourth-order valence-corrected chi connectivity index (χ4v) is 3.75. The largest absolute Gasteiger partial charge is 0.491 e. The molecule has 32 heavy (non-hydrogen) atoms. The van der Waals surface area contributed by atoms with Crippen molar-refractivity contribution in [1.29, 1.82) is 0 Å². The van der Waals surface area contributed by atoms with Crippen molar-refractivity contribution >= 4 is 17.3 Å². The summed E-state index contributed by atoms with van der Waals surface area (Å²) in [7, 11) is 0. The number of hydrogen-bond acceptors (Lipinski definition) is 5. The molecule has 2 aromatic rings. The highest BCUT2D eigenvalue weighted by Gasteiger charge is 2.32. The standard InChI is InChI=1S/C23H25F3N2O4/c24-23(25,26)17-5-8-21(28-9-12-30-13-10-28)20(14-17)27-22(29)16-3-6-18(7-4-16)32-15-19-2-1-11-31-19/h3-8,14,19H,1-2,9-13,15H2,(H,27,29)/t19-/m0/s1. The summed E-state index contributed by atoms with van der Waals surface area (Å²) in [5.41, 5.74) is 0.152. The average molecular weight is 450 g/mol. The Bertz CT molecular complexity index is 922. The molecule has 2 aromatic carbocycles. The van der Waals surface area contributed by atoms with E-state index in [2.05, 4.69) is 5.32 Å². The third kappa shape index (κ3) is 5.52. The molecule has 6 nitrogen and oxygen atoms in total. The third-order valence-electron chi connectivity index (χ3n) is 5.50. The Morgan fingerprint density at radius 1 is 1.09 bits per heavy atom. The smallest absolute Gasteiger partial charge is 0.416 e. The molecular weight excluding hydrogens is 425 g/mol. The van der Waals surface area contributed by atoms with Gasteiger partial charge in [-0.3, -0.25) is 4.79 Å². The number of nitrogens with one attached hydrogen (secondary N) is 1. The molecule has 0 spiro atoms. The number of halogens is 3. The second-order valence-electron chi connectivity index (χ2n) is 7.75. The molecule has 0 aliphatic carbocycles. The van der Waals surface area contributed by atoms with Crippen molar-refractivity contribution in [1.82, 2.24) is 0 Å². The summed E-state index contributed by atoms with van der Waals surface area (Å²) in [6, 6.07) is 9.90. The summed E-state index contributed by atoms with van der Waals surface area (Å²) in [6.07, 6.45) is -2.44. The first kappa shape index (κ1) is 22.4. The highest BCUT2D eigenvalue weighted by atomic mass is 19.4. The van der Waals surface area contributed by atoms with Crippen LogP contribution in [-0.2, 0) is 15.7 Å². The molecule has 0 bridgehead atoms. The Hall–Kier alpha value is -2.78. The van der Waals surface area contributed by atoms with Gasteiger partial charge in [0.2, 0.25) is 0 Å². The van der Waals surface area contributed by atoms with E-state index >= 15 is 0 Å². The maximum Gasteiger partial charge on any atom is 0.416 e. The minimum absolute atomic E-state index is 0.0810. The molecule has 2 fully saturated rings. The summed E-state index contributed by atoms with van der Waals surface area (Å²) in [4.78, 5) is 14.7. The maximum atomic E-state index is 13.3. The topological polar surface area (TPSA) is 60.0 Å². The van der Waals surface area contributed by atoms with Crippen LogP contribution in [0.15, 0.2) is 42.5 Å². The highest BCUT2D eigenvalue weighted by molar-refractivity contribution is 6.06. The molecule has 2 aliphatic rings. The van der Waals surface area contributed by atoms with Gasteiger partial charge in [-0.05, 0) is 55.3 Å². The molecule has 2 saturated heterocycles. The lowest BCUT2D eigenvalue weighted by Gasteiger charge is -2.31. The minimum atomic E-state index is -4.51.